The van der Waals surface area contributed by atoms with Crippen LogP contribution in [-0.4, -0.2) is 29.1 Å². The highest BCUT2D eigenvalue weighted by atomic mass is 32.2. The number of amides is 1. The summed E-state index contributed by atoms with van der Waals surface area (Å²) in [6.07, 6.45) is 4.61. The summed E-state index contributed by atoms with van der Waals surface area (Å²) < 4.78 is 43.7. The fourth-order valence-electron chi connectivity index (χ4n) is 4.07. The first kappa shape index (κ1) is 22.6. The van der Waals surface area contributed by atoms with Crippen LogP contribution in [-0.2, 0) is 34.1 Å². The van der Waals surface area contributed by atoms with Gasteiger partial charge in [-0.1, -0.05) is 0 Å². The van der Waals surface area contributed by atoms with Crippen molar-refractivity contribution in [1.29, 1.82) is 5.26 Å². The smallest absolute Gasteiger partial charge is 0.274 e. The van der Waals surface area contributed by atoms with E-state index in [4.69, 9.17) is 0 Å². The Morgan fingerprint density at radius 1 is 1.27 bits per heavy atom. The molecule has 0 atom stereocenters. The van der Waals surface area contributed by atoms with Gasteiger partial charge in [-0.05, 0) is 85.2 Å². The van der Waals surface area contributed by atoms with Crippen LogP contribution in [0.4, 0.5) is 4.39 Å². The highest BCUT2D eigenvalue weighted by Crippen LogP contribution is 2.36. The van der Waals surface area contributed by atoms with E-state index in [-0.39, 0.29) is 29.0 Å². The molecule has 1 N–H and O–H groups in total. The highest BCUT2D eigenvalue weighted by Gasteiger charge is 2.27. The summed E-state index contributed by atoms with van der Waals surface area (Å²) in [5.74, 6) is -1.12. The number of nitriles is 1. The predicted octanol–water partition coefficient (Wildman–Crippen LogP) is 3.07. The minimum Gasteiger partial charge on any atom is -0.274 e. The zero-order valence-corrected chi connectivity index (χ0v) is 19.0. The molecule has 0 aliphatic heterocycles. The van der Waals surface area contributed by atoms with Gasteiger partial charge in [0.25, 0.3) is 10.0 Å². The van der Waals surface area contributed by atoms with Crippen LogP contribution in [0.3, 0.4) is 0 Å². The number of hydrogen-bond acceptors (Lipinski definition) is 6. The van der Waals surface area contributed by atoms with Crippen molar-refractivity contribution in [3.8, 4) is 17.2 Å². The lowest BCUT2D eigenvalue weighted by atomic mass is 9.90. The maximum absolute atomic E-state index is 14.8. The van der Waals surface area contributed by atoms with Crippen molar-refractivity contribution >= 4 is 15.9 Å². The van der Waals surface area contributed by atoms with Crippen LogP contribution in [0.5, 0.6) is 0 Å². The third kappa shape index (κ3) is 4.50. The number of carbonyl (C=O) groups is 1. The fraction of sp³-hybridized carbons (Fsp3) is 0.304. The lowest BCUT2D eigenvalue weighted by molar-refractivity contribution is -0.118. The minimum atomic E-state index is -4.16. The van der Waals surface area contributed by atoms with Crippen molar-refractivity contribution in [2.45, 2.75) is 50.6 Å². The Hall–Kier alpha value is -3.58. The Morgan fingerprint density at radius 2 is 2.03 bits per heavy atom. The monoisotopic (exact) mass is 467 g/mol. The number of aromatic nitrogens is 3. The second-order valence-electron chi connectivity index (χ2n) is 8.17. The van der Waals surface area contributed by atoms with E-state index in [1.54, 1.807) is 6.07 Å². The molecular formula is C23H22FN5O3S. The van der Waals surface area contributed by atoms with E-state index in [2.05, 4.69) is 14.8 Å². The lowest BCUT2D eigenvalue weighted by Crippen LogP contribution is -2.32. The molecule has 10 heteroatoms. The Labute approximate surface area is 191 Å². The Bertz CT molecular complexity index is 1390. The Kier molecular flexibility index (Phi) is 5.99. The first-order valence-electron chi connectivity index (χ1n) is 10.5. The Morgan fingerprint density at radius 3 is 2.73 bits per heavy atom. The largest absolute Gasteiger partial charge is 0.283 e. The van der Waals surface area contributed by atoms with Crippen LogP contribution in [0.2, 0.25) is 0 Å². The topological polar surface area (TPSA) is 118 Å². The van der Waals surface area contributed by atoms with Crippen molar-refractivity contribution in [2.75, 3.05) is 0 Å². The zero-order valence-electron chi connectivity index (χ0n) is 18.2. The number of rotatable bonds is 6. The second kappa shape index (κ2) is 8.75. The van der Waals surface area contributed by atoms with Crippen LogP contribution in [0.25, 0.3) is 11.1 Å². The number of hydrogen-bond donors (Lipinski definition) is 1. The molecule has 0 spiro atoms. The SMILES string of the molecule is CC(C)n1ccc(S(=O)(=O)NC(=O)Cc2c(-c3ccnc(C#N)c3)cc(F)c3c2CCC3)n1. The van der Waals surface area contributed by atoms with Gasteiger partial charge in [0.1, 0.15) is 17.6 Å². The average Bonchev–Trinajstić information content (AvgIpc) is 3.46. The lowest BCUT2D eigenvalue weighted by Gasteiger charge is -2.16. The third-order valence-electron chi connectivity index (χ3n) is 5.63. The first-order valence-corrected chi connectivity index (χ1v) is 12.0. The van der Waals surface area contributed by atoms with E-state index in [1.807, 2.05) is 19.9 Å². The van der Waals surface area contributed by atoms with E-state index in [1.165, 1.54) is 35.3 Å². The van der Waals surface area contributed by atoms with Gasteiger partial charge >= 0.3 is 0 Å². The average molecular weight is 468 g/mol. The number of carbonyl (C=O) groups excluding carboxylic acids is 1. The molecule has 1 aliphatic rings. The molecule has 0 fully saturated rings. The molecular weight excluding hydrogens is 445 g/mol. The van der Waals surface area contributed by atoms with Crippen molar-refractivity contribution in [3.05, 3.63) is 64.9 Å². The third-order valence-corrected chi connectivity index (χ3v) is 6.89. The first-order chi connectivity index (χ1) is 15.7. The van der Waals surface area contributed by atoms with Gasteiger partial charge in [0.05, 0.1) is 6.42 Å². The second-order valence-corrected chi connectivity index (χ2v) is 9.80. The van der Waals surface area contributed by atoms with Crippen LogP contribution >= 0.6 is 0 Å². The molecule has 1 aromatic carbocycles. The molecule has 0 unspecified atom stereocenters. The van der Waals surface area contributed by atoms with Crippen molar-refractivity contribution in [2.24, 2.45) is 0 Å². The van der Waals surface area contributed by atoms with Crippen LogP contribution in [0.1, 0.15) is 48.7 Å². The number of halogens is 1. The van der Waals surface area contributed by atoms with Crippen molar-refractivity contribution in [1.82, 2.24) is 19.5 Å². The number of nitrogens with zero attached hydrogens (tertiary/aromatic N) is 4. The molecule has 1 aliphatic carbocycles. The molecule has 2 heterocycles. The predicted molar refractivity (Wildman–Crippen MR) is 118 cm³/mol. The summed E-state index contributed by atoms with van der Waals surface area (Å²) in [7, 11) is -4.16. The number of fused-ring (bicyclic) bond motifs is 1. The van der Waals surface area contributed by atoms with Crippen LogP contribution in [0, 0.1) is 17.1 Å². The van der Waals surface area contributed by atoms with Crippen molar-refractivity contribution < 1.29 is 17.6 Å². The summed E-state index contributed by atoms with van der Waals surface area (Å²) in [5.41, 5.74) is 2.97. The van der Waals surface area contributed by atoms with E-state index in [0.29, 0.717) is 35.1 Å². The molecule has 8 nitrogen and oxygen atoms in total. The molecule has 1 amide bonds. The van der Waals surface area contributed by atoms with E-state index in [0.717, 1.165) is 12.0 Å². The van der Waals surface area contributed by atoms with E-state index >= 15 is 0 Å². The molecule has 33 heavy (non-hydrogen) atoms. The van der Waals surface area contributed by atoms with E-state index in [9.17, 15) is 22.9 Å². The maximum atomic E-state index is 14.8. The molecule has 2 aromatic heterocycles. The molecule has 4 rings (SSSR count). The van der Waals surface area contributed by atoms with Gasteiger partial charge < -0.3 is 0 Å². The van der Waals surface area contributed by atoms with E-state index < -0.39 is 15.9 Å². The highest BCUT2D eigenvalue weighted by molar-refractivity contribution is 7.90. The van der Waals surface area contributed by atoms with Gasteiger partial charge in [-0.2, -0.15) is 18.8 Å². The summed E-state index contributed by atoms with van der Waals surface area (Å²) in [5, 5.41) is 13.0. The number of pyridine rings is 1. The van der Waals surface area contributed by atoms with Gasteiger partial charge in [-0.25, -0.2) is 14.1 Å². The van der Waals surface area contributed by atoms with Gasteiger partial charge in [0, 0.05) is 18.4 Å². The number of nitrogens with one attached hydrogen (secondary N) is 1. The Balaban J connectivity index is 1.69. The fourth-order valence-corrected chi connectivity index (χ4v) is 4.99. The summed E-state index contributed by atoms with van der Waals surface area (Å²) in [6.45, 7) is 3.71. The standard InChI is InChI=1S/C23H22FN5O3S/c1-14(2)29-9-7-23(27-29)33(31,32)28-22(30)12-20-17-4-3-5-18(17)21(24)11-19(20)15-6-8-26-16(10-15)13-25/h6-11,14H,3-5,12H2,1-2H3,(H,28,30). The molecule has 0 bridgehead atoms. The molecule has 0 saturated heterocycles. The molecule has 170 valence electrons. The van der Waals surface area contributed by atoms with Crippen molar-refractivity contribution in [3.63, 3.8) is 0 Å². The van der Waals surface area contributed by atoms with Gasteiger partial charge in [-0.3, -0.25) is 9.48 Å². The summed E-state index contributed by atoms with van der Waals surface area (Å²) in [4.78, 5) is 16.8. The van der Waals surface area contributed by atoms with Crippen LogP contribution < -0.4 is 4.72 Å². The summed E-state index contributed by atoms with van der Waals surface area (Å²) in [6, 6.07) is 7.75. The zero-order chi connectivity index (χ0) is 23.8. The molecule has 3 aromatic rings. The quantitative estimate of drug-likeness (QED) is 0.595. The maximum Gasteiger partial charge on any atom is 0.283 e. The normalized spacial score (nSPS) is 13.1. The molecule has 0 radical (unpaired) electrons. The number of benzene rings is 1. The van der Waals surface area contributed by atoms with Crippen LogP contribution in [0.15, 0.2) is 41.7 Å². The minimum absolute atomic E-state index is 0.0346. The molecule has 0 saturated carbocycles. The summed E-state index contributed by atoms with van der Waals surface area (Å²) >= 11 is 0. The van der Waals surface area contributed by atoms with Gasteiger partial charge in [-0.15, -0.1) is 0 Å². The number of sulfonamides is 1. The van der Waals surface area contributed by atoms with Gasteiger partial charge in [0.2, 0.25) is 5.91 Å². The van der Waals surface area contributed by atoms with Gasteiger partial charge in [0.15, 0.2) is 5.03 Å².